The van der Waals surface area contributed by atoms with Crippen LogP contribution in [0.2, 0.25) is 0 Å². The van der Waals surface area contributed by atoms with Crippen molar-refractivity contribution in [2.75, 3.05) is 5.32 Å². The van der Waals surface area contributed by atoms with Crippen LogP contribution in [0.15, 0.2) is 104 Å². The molecule has 9 nitrogen and oxygen atoms in total. The highest BCUT2D eigenvalue weighted by Crippen LogP contribution is 2.32. The number of nitrogens with zero attached hydrogens (tertiary/aromatic N) is 5. The first-order valence-electron chi connectivity index (χ1n) is 12.3. The summed E-state index contributed by atoms with van der Waals surface area (Å²) in [5.74, 6) is 0.459. The molecule has 0 aliphatic heterocycles. The minimum absolute atomic E-state index is 0.198. The van der Waals surface area contributed by atoms with E-state index in [1.165, 1.54) is 0 Å². The second-order valence-corrected chi connectivity index (χ2v) is 9.01. The van der Waals surface area contributed by atoms with Crippen LogP contribution in [0.3, 0.4) is 0 Å². The maximum Gasteiger partial charge on any atom is 0.255 e. The average Bonchev–Trinajstić information content (AvgIpc) is 3.62. The molecule has 0 bridgehead atoms. The van der Waals surface area contributed by atoms with E-state index in [1.54, 1.807) is 36.9 Å². The van der Waals surface area contributed by atoms with Crippen LogP contribution < -0.4 is 5.32 Å². The van der Waals surface area contributed by atoms with Crippen molar-refractivity contribution < 1.29 is 4.79 Å². The number of hydrogen-bond donors (Lipinski definition) is 3. The zero-order chi connectivity index (χ0) is 26.2. The first-order chi connectivity index (χ1) is 19.2. The summed E-state index contributed by atoms with van der Waals surface area (Å²) >= 11 is 0. The van der Waals surface area contributed by atoms with Crippen molar-refractivity contribution in [3.8, 4) is 33.8 Å². The smallest absolute Gasteiger partial charge is 0.255 e. The molecular formula is C30H20N8O. The van der Waals surface area contributed by atoms with Gasteiger partial charge in [-0.1, -0.05) is 36.4 Å². The highest BCUT2D eigenvalue weighted by molar-refractivity contribution is 6.04. The van der Waals surface area contributed by atoms with Crippen LogP contribution in [0.25, 0.3) is 55.8 Å². The molecule has 0 fully saturated rings. The quantitative estimate of drug-likeness (QED) is 0.267. The number of aromatic nitrogens is 7. The standard InChI is InChI=1S/C30H20N8O/c39-30(18-6-2-1-3-7-18)34-22-12-20(15-32-17-22)21-13-24-27(37-38-28(24)33-16-21)29-35-25-10-4-9-23(26(25)36-29)19-8-5-11-31-14-19/h1-17H,(H,34,39)(H,35,36)(H,33,37,38). The molecule has 2 aromatic carbocycles. The van der Waals surface area contributed by atoms with Crippen molar-refractivity contribution in [2.24, 2.45) is 0 Å². The molecule has 39 heavy (non-hydrogen) atoms. The number of para-hydroxylation sites is 1. The summed E-state index contributed by atoms with van der Waals surface area (Å²) in [7, 11) is 0. The van der Waals surface area contributed by atoms with E-state index in [-0.39, 0.29) is 5.91 Å². The number of nitrogens with one attached hydrogen (secondary N) is 3. The molecule has 7 aromatic rings. The van der Waals surface area contributed by atoms with Crippen molar-refractivity contribution in [1.82, 2.24) is 35.1 Å². The van der Waals surface area contributed by atoms with Crippen molar-refractivity contribution in [2.45, 2.75) is 0 Å². The monoisotopic (exact) mass is 508 g/mol. The van der Waals surface area contributed by atoms with Gasteiger partial charge in [0, 0.05) is 52.6 Å². The Morgan fingerprint density at radius 2 is 1.67 bits per heavy atom. The van der Waals surface area contributed by atoms with Gasteiger partial charge in [0.05, 0.1) is 28.3 Å². The normalized spacial score (nSPS) is 11.2. The van der Waals surface area contributed by atoms with Gasteiger partial charge in [-0.15, -0.1) is 0 Å². The molecule has 5 aromatic heterocycles. The van der Waals surface area contributed by atoms with Gasteiger partial charge in [-0.05, 0) is 36.4 Å². The lowest BCUT2D eigenvalue weighted by Crippen LogP contribution is -2.11. The third kappa shape index (κ3) is 4.17. The molecule has 0 saturated carbocycles. The molecule has 5 heterocycles. The predicted molar refractivity (Wildman–Crippen MR) is 150 cm³/mol. The highest BCUT2D eigenvalue weighted by Gasteiger charge is 2.16. The number of carbonyl (C=O) groups is 1. The average molecular weight is 509 g/mol. The van der Waals surface area contributed by atoms with E-state index in [2.05, 4.69) is 35.5 Å². The Hall–Kier alpha value is -5.70. The van der Waals surface area contributed by atoms with Gasteiger partial charge in [0.1, 0.15) is 5.69 Å². The Labute approximate surface area is 222 Å². The Morgan fingerprint density at radius 3 is 2.54 bits per heavy atom. The second-order valence-electron chi connectivity index (χ2n) is 9.01. The van der Waals surface area contributed by atoms with E-state index >= 15 is 0 Å². The number of hydrogen-bond acceptors (Lipinski definition) is 6. The minimum atomic E-state index is -0.198. The molecule has 0 aliphatic rings. The number of anilines is 1. The van der Waals surface area contributed by atoms with Gasteiger partial charge >= 0.3 is 0 Å². The maximum absolute atomic E-state index is 12.6. The molecule has 0 aliphatic carbocycles. The lowest BCUT2D eigenvalue weighted by molar-refractivity contribution is 0.102. The minimum Gasteiger partial charge on any atom is -0.337 e. The largest absolute Gasteiger partial charge is 0.337 e. The topological polar surface area (TPSA) is 125 Å². The number of aromatic amines is 2. The maximum atomic E-state index is 12.6. The lowest BCUT2D eigenvalue weighted by atomic mass is 10.1. The van der Waals surface area contributed by atoms with Crippen molar-refractivity contribution in [3.05, 3.63) is 109 Å². The fourth-order valence-corrected chi connectivity index (χ4v) is 4.60. The summed E-state index contributed by atoms with van der Waals surface area (Å²) in [6.07, 6.45) is 8.68. The van der Waals surface area contributed by atoms with Crippen LogP contribution in [-0.2, 0) is 0 Å². The van der Waals surface area contributed by atoms with Gasteiger partial charge in [0.15, 0.2) is 11.5 Å². The molecule has 0 spiro atoms. The lowest BCUT2D eigenvalue weighted by Gasteiger charge is -2.07. The van der Waals surface area contributed by atoms with E-state index in [9.17, 15) is 4.79 Å². The number of H-pyrrole nitrogens is 2. The SMILES string of the molecule is O=C(Nc1cncc(-c2cnc3n[nH]c(-c4nc5c(-c6cccnc6)cccc5[nH]4)c3c2)c1)c1ccccc1. The zero-order valence-corrected chi connectivity index (χ0v) is 20.5. The van der Waals surface area contributed by atoms with Gasteiger partial charge in [0.2, 0.25) is 0 Å². The summed E-state index contributed by atoms with van der Waals surface area (Å²) in [4.78, 5) is 34.1. The van der Waals surface area contributed by atoms with Gasteiger partial charge in [0.25, 0.3) is 5.91 Å². The molecule has 0 saturated heterocycles. The summed E-state index contributed by atoms with van der Waals surface area (Å²) in [6.45, 7) is 0. The molecule has 3 N–H and O–H groups in total. The Balaban J connectivity index is 1.25. The number of carbonyl (C=O) groups excluding carboxylic acids is 1. The third-order valence-electron chi connectivity index (χ3n) is 6.50. The van der Waals surface area contributed by atoms with Crippen molar-refractivity contribution >= 4 is 33.7 Å². The molecule has 0 atom stereocenters. The first-order valence-corrected chi connectivity index (χ1v) is 12.3. The van der Waals surface area contributed by atoms with Gasteiger partial charge in [-0.25, -0.2) is 9.97 Å². The molecule has 0 unspecified atom stereocenters. The third-order valence-corrected chi connectivity index (χ3v) is 6.50. The van der Waals surface area contributed by atoms with Crippen LogP contribution in [0.5, 0.6) is 0 Å². The Bertz CT molecular complexity index is 1960. The number of fused-ring (bicyclic) bond motifs is 2. The molecule has 1 amide bonds. The Morgan fingerprint density at radius 1 is 0.795 bits per heavy atom. The van der Waals surface area contributed by atoms with Crippen molar-refractivity contribution in [3.63, 3.8) is 0 Å². The molecular weight excluding hydrogens is 488 g/mol. The highest BCUT2D eigenvalue weighted by atomic mass is 16.1. The molecule has 7 rings (SSSR count). The van der Waals surface area contributed by atoms with Crippen LogP contribution in [0.1, 0.15) is 10.4 Å². The van der Waals surface area contributed by atoms with Crippen LogP contribution >= 0.6 is 0 Å². The number of rotatable bonds is 5. The number of benzene rings is 2. The summed E-state index contributed by atoms with van der Waals surface area (Å²) in [5.41, 5.74) is 7.85. The number of imidazole rings is 1. The fourth-order valence-electron chi connectivity index (χ4n) is 4.60. The predicted octanol–water partition coefficient (Wildman–Crippen LogP) is 5.88. The second kappa shape index (κ2) is 9.31. The van der Waals surface area contributed by atoms with E-state index in [0.29, 0.717) is 22.7 Å². The fraction of sp³-hybridized carbons (Fsp3) is 0. The Kier molecular flexibility index (Phi) is 5.37. The van der Waals surface area contributed by atoms with Crippen LogP contribution in [-0.4, -0.2) is 41.0 Å². The number of amides is 1. The van der Waals surface area contributed by atoms with Gasteiger partial charge < -0.3 is 10.3 Å². The van der Waals surface area contributed by atoms with E-state index in [0.717, 1.165) is 44.4 Å². The van der Waals surface area contributed by atoms with E-state index in [1.807, 2.05) is 66.9 Å². The summed E-state index contributed by atoms with van der Waals surface area (Å²) < 4.78 is 0. The van der Waals surface area contributed by atoms with Gasteiger partial charge in [-0.3, -0.25) is 19.9 Å². The molecule has 0 radical (unpaired) electrons. The summed E-state index contributed by atoms with van der Waals surface area (Å²) in [6, 6.07) is 22.9. The molecule has 9 heteroatoms. The van der Waals surface area contributed by atoms with Crippen LogP contribution in [0, 0.1) is 0 Å². The molecule has 186 valence electrons. The summed E-state index contributed by atoms with van der Waals surface area (Å²) in [5, 5.41) is 11.2. The van der Waals surface area contributed by atoms with Crippen LogP contribution in [0.4, 0.5) is 5.69 Å². The van der Waals surface area contributed by atoms with E-state index < -0.39 is 0 Å². The van der Waals surface area contributed by atoms with Gasteiger partial charge in [-0.2, -0.15) is 5.10 Å². The zero-order valence-electron chi connectivity index (χ0n) is 20.5. The first kappa shape index (κ1) is 22.5. The van der Waals surface area contributed by atoms with E-state index in [4.69, 9.17) is 4.98 Å². The number of pyridine rings is 3. The van der Waals surface area contributed by atoms with Crippen molar-refractivity contribution in [1.29, 1.82) is 0 Å².